The summed E-state index contributed by atoms with van der Waals surface area (Å²) in [5, 5.41) is 7.03. The number of nitrogens with one attached hydrogen (secondary N) is 1. The molecule has 2 aromatic rings. The van der Waals surface area contributed by atoms with Crippen LogP contribution in [0.3, 0.4) is 0 Å². The fraction of sp³-hybridized carbons (Fsp3) is 0.450. The number of benzene rings is 1. The third kappa shape index (κ3) is 4.82. The number of anilines is 1. The van der Waals surface area contributed by atoms with Crippen LogP contribution < -0.4 is 5.32 Å². The molecule has 0 saturated heterocycles. The lowest BCUT2D eigenvalue weighted by Gasteiger charge is -2.35. The van der Waals surface area contributed by atoms with Crippen LogP contribution in [0.2, 0.25) is 0 Å². The molecule has 0 saturated carbocycles. The normalized spacial score (nSPS) is 16.3. The Labute approximate surface area is 164 Å². The molecule has 1 aliphatic rings. The van der Waals surface area contributed by atoms with Crippen molar-refractivity contribution in [3.05, 3.63) is 47.7 Å². The first-order chi connectivity index (χ1) is 13.2. The highest BCUT2D eigenvalue weighted by Gasteiger charge is 2.32. The minimum absolute atomic E-state index is 0.184. The highest BCUT2D eigenvalue weighted by atomic mass is 16.6. The first kappa shape index (κ1) is 19.7. The van der Waals surface area contributed by atoms with Gasteiger partial charge in [0, 0.05) is 12.6 Å². The summed E-state index contributed by atoms with van der Waals surface area (Å²) in [5.74, 6) is 0.394. The van der Waals surface area contributed by atoms with Crippen molar-refractivity contribution >= 4 is 18.0 Å². The highest BCUT2D eigenvalue weighted by molar-refractivity contribution is 5.83. The summed E-state index contributed by atoms with van der Waals surface area (Å²) in [7, 11) is 0. The molecular weight excluding hydrogens is 360 g/mol. The van der Waals surface area contributed by atoms with Crippen molar-refractivity contribution < 1.29 is 19.1 Å². The van der Waals surface area contributed by atoms with E-state index in [2.05, 4.69) is 10.4 Å². The number of aromatic nitrogens is 2. The van der Waals surface area contributed by atoms with Crippen molar-refractivity contribution in [1.82, 2.24) is 14.7 Å². The van der Waals surface area contributed by atoms with Gasteiger partial charge in [0.15, 0.2) is 5.82 Å². The Morgan fingerprint density at radius 1 is 1.21 bits per heavy atom. The van der Waals surface area contributed by atoms with Crippen LogP contribution in [0.25, 0.3) is 0 Å². The first-order valence-electron chi connectivity index (χ1n) is 9.28. The molecule has 1 N–H and O–H groups in total. The van der Waals surface area contributed by atoms with E-state index in [4.69, 9.17) is 9.47 Å². The molecule has 0 bridgehead atoms. The van der Waals surface area contributed by atoms with Crippen molar-refractivity contribution in [3.63, 3.8) is 0 Å². The average molecular weight is 386 g/mol. The number of rotatable bonds is 3. The van der Waals surface area contributed by atoms with Crippen molar-refractivity contribution in [1.29, 1.82) is 0 Å². The van der Waals surface area contributed by atoms with E-state index in [1.165, 1.54) is 0 Å². The molecule has 0 fully saturated rings. The summed E-state index contributed by atoms with van der Waals surface area (Å²) < 4.78 is 12.5. The summed E-state index contributed by atoms with van der Waals surface area (Å²) in [5.41, 5.74) is 1.18. The Balaban J connectivity index is 1.61. The van der Waals surface area contributed by atoms with Gasteiger partial charge in [0.2, 0.25) is 0 Å². The minimum Gasteiger partial charge on any atom is -0.444 e. The smallest absolute Gasteiger partial charge is 0.413 e. The summed E-state index contributed by atoms with van der Waals surface area (Å²) in [6.07, 6.45) is -0.930. The molecule has 1 aromatic heterocycles. The van der Waals surface area contributed by atoms with Gasteiger partial charge in [-0.1, -0.05) is 30.3 Å². The zero-order valence-corrected chi connectivity index (χ0v) is 16.6. The van der Waals surface area contributed by atoms with E-state index >= 15 is 0 Å². The predicted molar refractivity (Wildman–Crippen MR) is 104 cm³/mol. The third-order valence-corrected chi connectivity index (χ3v) is 4.33. The van der Waals surface area contributed by atoms with Crippen LogP contribution in [0.5, 0.6) is 0 Å². The molecule has 0 radical (unpaired) electrons. The van der Waals surface area contributed by atoms with Crippen molar-refractivity contribution in [2.45, 2.75) is 52.5 Å². The van der Waals surface area contributed by atoms with E-state index in [0.29, 0.717) is 18.9 Å². The number of ether oxygens (including phenoxy) is 2. The molecular formula is C20H26N4O4. The maximum Gasteiger partial charge on any atom is 0.413 e. The second-order valence-electron chi connectivity index (χ2n) is 7.71. The Hall–Kier alpha value is -3.03. The molecule has 1 aliphatic heterocycles. The van der Waals surface area contributed by atoms with Gasteiger partial charge < -0.3 is 9.47 Å². The quantitative estimate of drug-likeness (QED) is 0.863. The van der Waals surface area contributed by atoms with Crippen LogP contribution in [0.1, 0.15) is 45.0 Å². The van der Waals surface area contributed by atoms with Crippen LogP contribution >= 0.6 is 0 Å². The monoisotopic (exact) mass is 386 g/mol. The molecule has 1 unspecified atom stereocenters. The highest BCUT2D eigenvalue weighted by Crippen LogP contribution is 2.28. The molecule has 3 rings (SSSR count). The minimum atomic E-state index is -0.573. The number of amides is 2. The summed E-state index contributed by atoms with van der Waals surface area (Å²) >= 11 is 0. The van der Waals surface area contributed by atoms with E-state index in [9.17, 15) is 9.59 Å². The third-order valence-electron chi connectivity index (χ3n) is 4.33. The van der Waals surface area contributed by atoms with Crippen LogP contribution in [0.15, 0.2) is 36.4 Å². The molecule has 150 valence electrons. The molecule has 1 aromatic carbocycles. The fourth-order valence-electron chi connectivity index (χ4n) is 3.00. The summed E-state index contributed by atoms with van der Waals surface area (Å²) in [6, 6.07) is 11.0. The number of carbonyl (C=O) groups excluding carboxylic acids is 2. The molecule has 0 spiro atoms. The number of hydrogen-bond donors (Lipinski definition) is 1. The molecule has 2 heterocycles. The number of carbonyl (C=O) groups is 2. The van der Waals surface area contributed by atoms with E-state index in [0.717, 1.165) is 11.3 Å². The van der Waals surface area contributed by atoms with Gasteiger partial charge in [-0.25, -0.2) is 9.59 Å². The molecule has 0 aliphatic carbocycles. The van der Waals surface area contributed by atoms with E-state index in [1.54, 1.807) is 15.6 Å². The van der Waals surface area contributed by atoms with Gasteiger partial charge in [0.05, 0.1) is 18.3 Å². The lowest BCUT2D eigenvalue weighted by molar-refractivity contribution is 0.0120. The van der Waals surface area contributed by atoms with Crippen LogP contribution in [0.4, 0.5) is 15.4 Å². The summed E-state index contributed by atoms with van der Waals surface area (Å²) in [6.45, 7) is 8.63. The van der Waals surface area contributed by atoms with Gasteiger partial charge in [0.1, 0.15) is 12.2 Å². The van der Waals surface area contributed by atoms with E-state index in [-0.39, 0.29) is 18.7 Å². The Morgan fingerprint density at radius 2 is 1.93 bits per heavy atom. The van der Waals surface area contributed by atoms with Gasteiger partial charge in [-0.2, -0.15) is 5.10 Å². The lowest BCUT2D eigenvalue weighted by Crippen LogP contribution is -2.43. The van der Waals surface area contributed by atoms with Crippen LogP contribution in [-0.4, -0.2) is 39.0 Å². The lowest BCUT2D eigenvalue weighted by atomic mass is 10.1. The van der Waals surface area contributed by atoms with E-state index in [1.807, 2.05) is 58.0 Å². The van der Waals surface area contributed by atoms with Crippen molar-refractivity contribution in [3.8, 4) is 0 Å². The van der Waals surface area contributed by atoms with Gasteiger partial charge in [-0.05, 0) is 33.3 Å². The second-order valence-corrected chi connectivity index (χ2v) is 7.71. The van der Waals surface area contributed by atoms with Gasteiger partial charge in [0.25, 0.3) is 0 Å². The molecule has 1 atom stereocenters. The molecule has 8 nitrogen and oxygen atoms in total. The maximum atomic E-state index is 12.4. The maximum absolute atomic E-state index is 12.4. The van der Waals surface area contributed by atoms with E-state index < -0.39 is 11.7 Å². The van der Waals surface area contributed by atoms with Crippen LogP contribution in [-0.2, 0) is 22.6 Å². The zero-order chi connectivity index (χ0) is 20.3. The Morgan fingerprint density at radius 3 is 2.61 bits per heavy atom. The van der Waals surface area contributed by atoms with Gasteiger partial charge in [-0.3, -0.25) is 14.9 Å². The van der Waals surface area contributed by atoms with Gasteiger partial charge in [-0.15, -0.1) is 0 Å². The second kappa shape index (κ2) is 7.92. The Bertz CT molecular complexity index is 842. The SMILES string of the molecule is CC1c2cc(NC(=O)OCc3ccccc3)nn2CCN1C(=O)OC(C)(C)C. The van der Waals surface area contributed by atoms with Gasteiger partial charge >= 0.3 is 12.2 Å². The largest absolute Gasteiger partial charge is 0.444 e. The number of nitrogens with zero attached hydrogens (tertiary/aromatic N) is 3. The fourth-order valence-corrected chi connectivity index (χ4v) is 3.00. The zero-order valence-electron chi connectivity index (χ0n) is 16.6. The molecule has 2 amide bonds. The average Bonchev–Trinajstić information content (AvgIpc) is 3.03. The Kier molecular flexibility index (Phi) is 5.58. The molecule has 8 heteroatoms. The molecule has 28 heavy (non-hydrogen) atoms. The topological polar surface area (TPSA) is 85.7 Å². The summed E-state index contributed by atoms with van der Waals surface area (Å²) in [4.78, 5) is 26.1. The standard InChI is InChI=1S/C20H26N4O4/c1-14-16-12-17(21-18(25)27-13-15-8-6-5-7-9-15)22-24(16)11-10-23(14)19(26)28-20(2,3)4/h5-9,12,14H,10-11,13H2,1-4H3,(H,21,22,25). The number of hydrogen-bond acceptors (Lipinski definition) is 5. The first-order valence-corrected chi connectivity index (χ1v) is 9.28. The predicted octanol–water partition coefficient (Wildman–Crippen LogP) is 3.94. The number of fused-ring (bicyclic) bond motifs is 1. The van der Waals surface area contributed by atoms with Crippen molar-refractivity contribution in [2.75, 3.05) is 11.9 Å². The van der Waals surface area contributed by atoms with Crippen LogP contribution in [0, 0.1) is 0 Å². The van der Waals surface area contributed by atoms with Crippen molar-refractivity contribution in [2.24, 2.45) is 0 Å².